The molecule has 1 heterocycles. The van der Waals surface area contributed by atoms with Crippen LogP contribution in [0.2, 0.25) is 0 Å². The average molecular weight is 279 g/mol. The minimum atomic E-state index is -0.171. The van der Waals surface area contributed by atoms with Gasteiger partial charge in [-0.05, 0) is 12.1 Å². The van der Waals surface area contributed by atoms with Crippen LogP contribution in [0, 0.1) is 5.92 Å². The number of rotatable bonds is 8. The Morgan fingerprint density at radius 3 is 2.55 bits per heavy atom. The highest BCUT2D eigenvalue weighted by molar-refractivity contribution is 5.93. The van der Waals surface area contributed by atoms with E-state index in [9.17, 15) is 9.59 Å². The van der Waals surface area contributed by atoms with E-state index in [1.54, 1.807) is 18.3 Å². The van der Waals surface area contributed by atoms with Crippen LogP contribution in [0.4, 0.5) is 0 Å². The summed E-state index contributed by atoms with van der Waals surface area (Å²) in [7, 11) is 0. The summed E-state index contributed by atoms with van der Waals surface area (Å²) in [5, 5.41) is 5.47. The lowest BCUT2D eigenvalue weighted by molar-refractivity contribution is -0.124. The second kappa shape index (κ2) is 9.03. The molecule has 0 unspecified atom stereocenters. The van der Waals surface area contributed by atoms with Crippen LogP contribution in [0.5, 0.6) is 0 Å². The van der Waals surface area contributed by atoms with Crippen LogP contribution < -0.4 is 10.6 Å². The first-order valence-corrected chi connectivity index (χ1v) is 6.65. The molecule has 0 aromatic carbocycles. The molecule has 0 atom stereocenters. The normalized spacial score (nSPS) is 10.3. The molecule has 0 aliphatic rings. The van der Waals surface area contributed by atoms with Crippen molar-refractivity contribution >= 4 is 11.8 Å². The number of hydrogen-bond donors (Lipinski definition) is 2. The fourth-order valence-electron chi connectivity index (χ4n) is 1.39. The summed E-state index contributed by atoms with van der Waals surface area (Å²) in [6.45, 7) is 5.42. The number of aromatic nitrogens is 1. The zero-order valence-electron chi connectivity index (χ0n) is 11.9. The third-order valence-corrected chi connectivity index (χ3v) is 2.53. The lowest BCUT2D eigenvalue weighted by Gasteiger charge is -2.08. The molecular weight excluding hydrogens is 258 g/mol. The first-order chi connectivity index (χ1) is 9.61. The minimum absolute atomic E-state index is 0.0125. The quantitative estimate of drug-likeness (QED) is 0.683. The first kappa shape index (κ1) is 16.1. The van der Waals surface area contributed by atoms with E-state index in [1.165, 1.54) is 6.20 Å². The van der Waals surface area contributed by atoms with Gasteiger partial charge in [0, 0.05) is 31.4 Å². The van der Waals surface area contributed by atoms with Crippen LogP contribution in [0.1, 0.15) is 24.2 Å². The van der Waals surface area contributed by atoms with Crippen LogP contribution in [0.15, 0.2) is 24.5 Å². The number of hydrogen-bond acceptors (Lipinski definition) is 4. The molecule has 20 heavy (non-hydrogen) atoms. The maximum atomic E-state index is 11.6. The van der Waals surface area contributed by atoms with Gasteiger partial charge >= 0.3 is 0 Å². The van der Waals surface area contributed by atoms with Gasteiger partial charge in [0.05, 0.1) is 18.8 Å². The summed E-state index contributed by atoms with van der Waals surface area (Å²) in [5.41, 5.74) is 0.525. The van der Waals surface area contributed by atoms with Crippen molar-refractivity contribution < 1.29 is 14.3 Å². The molecular formula is C14H21N3O3. The molecule has 0 radical (unpaired) electrons. The van der Waals surface area contributed by atoms with Crippen molar-refractivity contribution in [2.45, 2.75) is 13.8 Å². The van der Waals surface area contributed by atoms with Crippen molar-refractivity contribution in [3.8, 4) is 0 Å². The largest absolute Gasteiger partial charge is 0.378 e. The van der Waals surface area contributed by atoms with Crippen molar-refractivity contribution in [2.24, 2.45) is 5.92 Å². The molecule has 0 aliphatic heterocycles. The minimum Gasteiger partial charge on any atom is -0.378 e. The van der Waals surface area contributed by atoms with Gasteiger partial charge in [-0.2, -0.15) is 0 Å². The SMILES string of the molecule is CC(C)C(=O)NCCOCCNC(=O)c1cccnc1. The third-order valence-electron chi connectivity index (χ3n) is 2.53. The van der Waals surface area contributed by atoms with E-state index >= 15 is 0 Å². The smallest absolute Gasteiger partial charge is 0.252 e. The molecule has 2 N–H and O–H groups in total. The zero-order chi connectivity index (χ0) is 14.8. The summed E-state index contributed by atoms with van der Waals surface area (Å²) in [6, 6.07) is 3.41. The second-order valence-electron chi connectivity index (χ2n) is 4.56. The van der Waals surface area contributed by atoms with E-state index in [4.69, 9.17) is 4.74 Å². The van der Waals surface area contributed by atoms with Gasteiger partial charge in [0.15, 0.2) is 0 Å². The maximum absolute atomic E-state index is 11.6. The van der Waals surface area contributed by atoms with Gasteiger partial charge in [0.2, 0.25) is 5.91 Å². The average Bonchev–Trinajstić information content (AvgIpc) is 2.46. The summed E-state index contributed by atoms with van der Waals surface area (Å²) in [4.78, 5) is 26.8. The standard InChI is InChI=1S/C14H21N3O3/c1-11(2)13(18)16-6-8-20-9-7-17-14(19)12-4-3-5-15-10-12/h3-5,10-11H,6-9H2,1-2H3,(H,16,18)(H,17,19). The van der Waals surface area contributed by atoms with E-state index in [-0.39, 0.29) is 17.7 Å². The molecule has 0 spiro atoms. The van der Waals surface area contributed by atoms with Crippen molar-refractivity contribution in [2.75, 3.05) is 26.3 Å². The highest BCUT2D eigenvalue weighted by atomic mass is 16.5. The number of amides is 2. The molecule has 110 valence electrons. The Kier molecular flexibility index (Phi) is 7.27. The predicted octanol–water partition coefficient (Wildman–Crippen LogP) is 0.600. The van der Waals surface area contributed by atoms with E-state index in [2.05, 4.69) is 15.6 Å². The summed E-state index contributed by atoms with van der Waals surface area (Å²) < 4.78 is 5.30. The van der Waals surface area contributed by atoms with Gasteiger partial charge in [-0.25, -0.2) is 0 Å². The topological polar surface area (TPSA) is 80.3 Å². The van der Waals surface area contributed by atoms with Gasteiger partial charge < -0.3 is 15.4 Å². The fraction of sp³-hybridized carbons (Fsp3) is 0.500. The van der Waals surface area contributed by atoms with E-state index < -0.39 is 0 Å². The van der Waals surface area contributed by atoms with Crippen LogP contribution in [-0.2, 0) is 9.53 Å². The lowest BCUT2D eigenvalue weighted by Crippen LogP contribution is -2.32. The molecule has 1 aromatic rings. The molecule has 0 saturated carbocycles. The van der Waals surface area contributed by atoms with Gasteiger partial charge in [-0.15, -0.1) is 0 Å². The summed E-state index contributed by atoms with van der Waals surface area (Å²) >= 11 is 0. The number of nitrogens with one attached hydrogen (secondary N) is 2. The Hall–Kier alpha value is -1.95. The number of nitrogens with zero attached hydrogens (tertiary/aromatic N) is 1. The number of pyridine rings is 1. The van der Waals surface area contributed by atoms with Crippen molar-refractivity contribution in [1.29, 1.82) is 0 Å². The second-order valence-corrected chi connectivity index (χ2v) is 4.56. The number of carbonyl (C=O) groups is 2. The Labute approximate surface area is 118 Å². The molecule has 1 rings (SSSR count). The molecule has 6 nitrogen and oxygen atoms in total. The Morgan fingerprint density at radius 2 is 1.95 bits per heavy atom. The summed E-state index contributed by atoms with van der Waals surface area (Å²) in [6.07, 6.45) is 3.13. The summed E-state index contributed by atoms with van der Waals surface area (Å²) in [5.74, 6) is -0.179. The molecule has 0 aliphatic carbocycles. The maximum Gasteiger partial charge on any atom is 0.252 e. The van der Waals surface area contributed by atoms with Crippen molar-refractivity contribution in [3.05, 3.63) is 30.1 Å². The van der Waals surface area contributed by atoms with E-state index in [1.807, 2.05) is 13.8 Å². The van der Waals surface area contributed by atoms with Gasteiger partial charge in [0.1, 0.15) is 0 Å². The fourth-order valence-corrected chi connectivity index (χ4v) is 1.39. The van der Waals surface area contributed by atoms with E-state index in [0.717, 1.165) is 0 Å². The molecule has 2 amide bonds. The van der Waals surface area contributed by atoms with E-state index in [0.29, 0.717) is 31.9 Å². The molecule has 0 fully saturated rings. The molecule has 0 bridgehead atoms. The lowest BCUT2D eigenvalue weighted by atomic mass is 10.2. The highest BCUT2D eigenvalue weighted by Crippen LogP contribution is 1.94. The van der Waals surface area contributed by atoms with Crippen LogP contribution in [-0.4, -0.2) is 43.1 Å². The van der Waals surface area contributed by atoms with Crippen LogP contribution in [0.25, 0.3) is 0 Å². The number of ether oxygens (including phenoxy) is 1. The molecule has 0 saturated heterocycles. The molecule has 6 heteroatoms. The van der Waals surface area contributed by atoms with Crippen LogP contribution in [0.3, 0.4) is 0 Å². The monoisotopic (exact) mass is 279 g/mol. The Morgan fingerprint density at radius 1 is 1.25 bits per heavy atom. The highest BCUT2D eigenvalue weighted by Gasteiger charge is 2.05. The first-order valence-electron chi connectivity index (χ1n) is 6.65. The van der Waals surface area contributed by atoms with Crippen LogP contribution >= 0.6 is 0 Å². The third kappa shape index (κ3) is 6.29. The Bertz CT molecular complexity index is 421. The van der Waals surface area contributed by atoms with Gasteiger partial charge in [-0.3, -0.25) is 14.6 Å². The Balaban J connectivity index is 2.03. The van der Waals surface area contributed by atoms with Crippen molar-refractivity contribution in [3.63, 3.8) is 0 Å². The molecule has 1 aromatic heterocycles. The zero-order valence-corrected chi connectivity index (χ0v) is 11.9. The predicted molar refractivity (Wildman–Crippen MR) is 75.2 cm³/mol. The van der Waals surface area contributed by atoms with Crippen molar-refractivity contribution in [1.82, 2.24) is 15.6 Å². The van der Waals surface area contributed by atoms with Gasteiger partial charge in [-0.1, -0.05) is 13.8 Å². The van der Waals surface area contributed by atoms with Gasteiger partial charge in [0.25, 0.3) is 5.91 Å². The number of carbonyl (C=O) groups excluding carboxylic acids is 2.